The topological polar surface area (TPSA) is 30.9 Å². The van der Waals surface area contributed by atoms with E-state index in [1.807, 2.05) is 0 Å². The van der Waals surface area contributed by atoms with Gasteiger partial charge in [-0.15, -0.1) is 0 Å². The van der Waals surface area contributed by atoms with Crippen molar-refractivity contribution in [2.75, 3.05) is 6.54 Å². The molecule has 1 saturated carbocycles. The van der Waals surface area contributed by atoms with Crippen molar-refractivity contribution >= 4 is 10.9 Å². The van der Waals surface area contributed by atoms with Crippen LogP contribution >= 0.6 is 0 Å². The first-order valence-corrected chi connectivity index (χ1v) is 7.01. The van der Waals surface area contributed by atoms with Crippen LogP contribution in [-0.4, -0.2) is 11.1 Å². The van der Waals surface area contributed by atoms with Crippen LogP contribution in [0, 0.1) is 0 Å². The molecule has 0 radical (unpaired) electrons. The number of aryl methyl sites for hydroxylation is 1. The Morgan fingerprint density at radius 3 is 2.67 bits per heavy atom. The molecule has 18 heavy (non-hydrogen) atoms. The van der Waals surface area contributed by atoms with Crippen LogP contribution in [0.2, 0.25) is 0 Å². The number of aromatic nitrogens is 1. The SMILES string of the molecule is Cn1ccc2c(C3(CN)CCCCC3)cccc21. The highest BCUT2D eigenvalue weighted by atomic mass is 14.9. The summed E-state index contributed by atoms with van der Waals surface area (Å²) in [7, 11) is 2.11. The lowest BCUT2D eigenvalue weighted by Gasteiger charge is -2.37. The van der Waals surface area contributed by atoms with Gasteiger partial charge in [0.15, 0.2) is 0 Å². The monoisotopic (exact) mass is 242 g/mol. The van der Waals surface area contributed by atoms with E-state index in [1.165, 1.54) is 48.6 Å². The van der Waals surface area contributed by atoms with Gasteiger partial charge in [-0.25, -0.2) is 0 Å². The minimum atomic E-state index is 0.221. The van der Waals surface area contributed by atoms with Crippen molar-refractivity contribution in [2.24, 2.45) is 12.8 Å². The third-order valence-electron chi connectivity index (χ3n) is 4.70. The maximum atomic E-state index is 6.16. The molecule has 0 saturated heterocycles. The van der Waals surface area contributed by atoms with Gasteiger partial charge in [-0.1, -0.05) is 31.4 Å². The molecule has 96 valence electrons. The lowest BCUT2D eigenvalue weighted by molar-refractivity contribution is 0.303. The average molecular weight is 242 g/mol. The Morgan fingerprint density at radius 2 is 1.94 bits per heavy atom. The maximum absolute atomic E-state index is 6.16. The van der Waals surface area contributed by atoms with Gasteiger partial charge < -0.3 is 10.3 Å². The molecule has 2 nitrogen and oxygen atoms in total. The summed E-state index contributed by atoms with van der Waals surface area (Å²) in [5.74, 6) is 0. The molecule has 1 aliphatic rings. The minimum Gasteiger partial charge on any atom is -0.351 e. The number of hydrogen-bond acceptors (Lipinski definition) is 1. The van der Waals surface area contributed by atoms with E-state index in [0.29, 0.717) is 0 Å². The predicted octanol–water partition coefficient (Wildman–Crippen LogP) is 3.34. The van der Waals surface area contributed by atoms with E-state index in [4.69, 9.17) is 5.73 Å². The Kier molecular flexibility index (Phi) is 2.90. The first kappa shape index (κ1) is 11.8. The summed E-state index contributed by atoms with van der Waals surface area (Å²) in [4.78, 5) is 0. The van der Waals surface area contributed by atoms with Crippen molar-refractivity contribution in [3.63, 3.8) is 0 Å². The third-order valence-corrected chi connectivity index (χ3v) is 4.70. The molecule has 0 unspecified atom stereocenters. The van der Waals surface area contributed by atoms with Crippen molar-refractivity contribution in [1.82, 2.24) is 4.57 Å². The normalized spacial score (nSPS) is 19.2. The second-order valence-corrected chi connectivity index (χ2v) is 5.71. The number of rotatable bonds is 2. The number of fused-ring (bicyclic) bond motifs is 1. The van der Waals surface area contributed by atoms with E-state index >= 15 is 0 Å². The summed E-state index contributed by atoms with van der Waals surface area (Å²) in [6.45, 7) is 0.779. The predicted molar refractivity (Wildman–Crippen MR) is 76.7 cm³/mol. The van der Waals surface area contributed by atoms with Crippen molar-refractivity contribution < 1.29 is 0 Å². The zero-order valence-corrected chi connectivity index (χ0v) is 11.2. The molecule has 3 rings (SSSR count). The van der Waals surface area contributed by atoms with Gasteiger partial charge in [-0.05, 0) is 30.5 Å². The Morgan fingerprint density at radius 1 is 1.17 bits per heavy atom. The fraction of sp³-hybridized carbons (Fsp3) is 0.500. The van der Waals surface area contributed by atoms with Crippen LogP contribution in [-0.2, 0) is 12.5 Å². The van der Waals surface area contributed by atoms with Gasteiger partial charge in [0.2, 0.25) is 0 Å². The molecule has 0 atom stereocenters. The maximum Gasteiger partial charge on any atom is 0.0480 e. The number of hydrogen-bond donors (Lipinski definition) is 1. The van der Waals surface area contributed by atoms with Gasteiger partial charge in [0.25, 0.3) is 0 Å². The van der Waals surface area contributed by atoms with Crippen molar-refractivity contribution in [1.29, 1.82) is 0 Å². The summed E-state index contributed by atoms with van der Waals surface area (Å²) in [5.41, 5.74) is 9.18. The molecule has 2 N–H and O–H groups in total. The van der Waals surface area contributed by atoms with Gasteiger partial charge >= 0.3 is 0 Å². The van der Waals surface area contributed by atoms with E-state index < -0.39 is 0 Å². The van der Waals surface area contributed by atoms with Crippen LogP contribution in [0.1, 0.15) is 37.7 Å². The quantitative estimate of drug-likeness (QED) is 0.860. The summed E-state index contributed by atoms with van der Waals surface area (Å²) in [6, 6.07) is 8.92. The molecular formula is C16H22N2. The third kappa shape index (κ3) is 1.67. The van der Waals surface area contributed by atoms with Gasteiger partial charge in [0.05, 0.1) is 0 Å². The first-order valence-electron chi connectivity index (χ1n) is 7.01. The van der Waals surface area contributed by atoms with Gasteiger partial charge in [0, 0.05) is 36.1 Å². The Labute approximate surface area is 109 Å². The van der Waals surface area contributed by atoms with Crippen molar-refractivity contribution in [3.05, 3.63) is 36.0 Å². The van der Waals surface area contributed by atoms with Crippen LogP contribution in [0.5, 0.6) is 0 Å². The fourth-order valence-corrected chi connectivity index (χ4v) is 3.58. The van der Waals surface area contributed by atoms with E-state index in [9.17, 15) is 0 Å². The molecule has 1 aromatic carbocycles. The van der Waals surface area contributed by atoms with Crippen LogP contribution in [0.4, 0.5) is 0 Å². The molecule has 0 bridgehead atoms. The zero-order chi connectivity index (χ0) is 12.6. The standard InChI is InChI=1S/C16H22N2/c1-18-11-8-13-14(6-5-7-15(13)18)16(12-17)9-3-2-4-10-16/h5-8,11H,2-4,9-10,12,17H2,1H3. The molecule has 2 heteroatoms. The average Bonchev–Trinajstić information content (AvgIpc) is 2.81. The van der Waals surface area contributed by atoms with E-state index in [-0.39, 0.29) is 5.41 Å². The summed E-state index contributed by atoms with van der Waals surface area (Å²) >= 11 is 0. The molecular weight excluding hydrogens is 220 g/mol. The molecule has 1 fully saturated rings. The highest BCUT2D eigenvalue weighted by Gasteiger charge is 2.33. The van der Waals surface area contributed by atoms with Crippen LogP contribution in [0.3, 0.4) is 0 Å². The Balaban J connectivity index is 2.17. The van der Waals surface area contributed by atoms with E-state index in [2.05, 4.69) is 42.1 Å². The van der Waals surface area contributed by atoms with Gasteiger partial charge in [-0.2, -0.15) is 0 Å². The van der Waals surface area contributed by atoms with Crippen LogP contribution < -0.4 is 5.73 Å². The van der Waals surface area contributed by atoms with Crippen LogP contribution in [0.25, 0.3) is 10.9 Å². The summed E-state index contributed by atoms with van der Waals surface area (Å²) in [6.07, 6.45) is 8.66. The number of nitrogens with two attached hydrogens (primary N) is 1. The smallest absolute Gasteiger partial charge is 0.0480 e. The summed E-state index contributed by atoms with van der Waals surface area (Å²) < 4.78 is 2.20. The van der Waals surface area contributed by atoms with Crippen molar-refractivity contribution in [2.45, 2.75) is 37.5 Å². The second-order valence-electron chi connectivity index (χ2n) is 5.71. The Hall–Kier alpha value is -1.28. The zero-order valence-electron chi connectivity index (χ0n) is 11.2. The molecule has 1 aliphatic carbocycles. The largest absolute Gasteiger partial charge is 0.351 e. The Bertz CT molecular complexity index is 547. The molecule has 0 spiro atoms. The lowest BCUT2D eigenvalue weighted by atomic mass is 9.68. The summed E-state index contributed by atoms with van der Waals surface area (Å²) in [5, 5.41) is 1.40. The van der Waals surface area contributed by atoms with E-state index in [1.54, 1.807) is 0 Å². The lowest BCUT2D eigenvalue weighted by Crippen LogP contribution is -2.37. The molecule has 2 aromatic rings. The minimum absolute atomic E-state index is 0.221. The second kappa shape index (κ2) is 4.43. The number of nitrogens with zero attached hydrogens (tertiary/aromatic N) is 1. The fourth-order valence-electron chi connectivity index (χ4n) is 3.58. The van der Waals surface area contributed by atoms with E-state index in [0.717, 1.165) is 6.54 Å². The van der Waals surface area contributed by atoms with Crippen LogP contribution in [0.15, 0.2) is 30.5 Å². The first-order chi connectivity index (χ1) is 8.77. The molecule has 1 heterocycles. The van der Waals surface area contributed by atoms with Gasteiger partial charge in [0.1, 0.15) is 0 Å². The highest BCUT2D eigenvalue weighted by Crippen LogP contribution is 2.41. The molecule has 0 aliphatic heterocycles. The molecule has 0 amide bonds. The van der Waals surface area contributed by atoms with Crippen molar-refractivity contribution in [3.8, 4) is 0 Å². The highest BCUT2D eigenvalue weighted by molar-refractivity contribution is 5.84. The van der Waals surface area contributed by atoms with Gasteiger partial charge in [-0.3, -0.25) is 0 Å². The number of benzene rings is 1. The molecule has 1 aromatic heterocycles.